The summed E-state index contributed by atoms with van der Waals surface area (Å²) in [5.41, 5.74) is 0. The van der Waals surface area contributed by atoms with Gasteiger partial charge in [0, 0.05) is 0 Å². The predicted octanol–water partition coefficient (Wildman–Crippen LogP) is 1.64. The van der Waals surface area contributed by atoms with E-state index in [0.29, 0.717) is 5.92 Å². The predicted molar refractivity (Wildman–Crippen MR) is 45.8 cm³/mol. The zero-order valence-corrected chi connectivity index (χ0v) is 7.15. The monoisotopic (exact) mass is 139 g/mol. The molecule has 0 aromatic heterocycles. The highest BCUT2D eigenvalue weighted by Gasteiger charge is 2.04. The van der Waals surface area contributed by atoms with Crippen molar-refractivity contribution in [3.05, 3.63) is 0 Å². The largest absolute Gasteiger partial charge is 0.304 e. The van der Waals surface area contributed by atoms with Crippen molar-refractivity contribution in [3.8, 4) is 12.3 Å². The molecule has 0 bridgehead atoms. The summed E-state index contributed by atoms with van der Waals surface area (Å²) in [6.07, 6.45) is 6.37. The smallest absolute Gasteiger partial charge is 0.0689 e. The first-order valence-electron chi connectivity index (χ1n) is 3.90. The van der Waals surface area contributed by atoms with Crippen LogP contribution in [-0.4, -0.2) is 12.6 Å². The second kappa shape index (κ2) is 5.32. The highest BCUT2D eigenvalue weighted by Crippen LogP contribution is 2.02. The number of hydrogen-bond donors (Lipinski definition) is 1. The van der Waals surface area contributed by atoms with Crippen LogP contribution in [0.5, 0.6) is 0 Å². The maximum Gasteiger partial charge on any atom is 0.0689 e. The van der Waals surface area contributed by atoms with Crippen LogP contribution in [0.15, 0.2) is 0 Å². The van der Waals surface area contributed by atoms with Crippen LogP contribution in [0, 0.1) is 18.3 Å². The fourth-order valence-electron chi connectivity index (χ4n) is 0.928. The summed E-state index contributed by atoms with van der Waals surface area (Å²) in [5.74, 6) is 3.40. The first-order chi connectivity index (χ1) is 4.70. The molecule has 10 heavy (non-hydrogen) atoms. The van der Waals surface area contributed by atoms with Crippen molar-refractivity contribution in [3.63, 3.8) is 0 Å². The molecule has 1 N–H and O–H groups in total. The third kappa shape index (κ3) is 4.40. The van der Waals surface area contributed by atoms with E-state index in [1.54, 1.807) is 0 Å². The molecular formula is C9H17N. The summed E-state index contributed by atoms with van der Waals surface area (Å²) in [6.45, 7) is 7.40. The molecule has 0 heterocycles. The Labute approximate surface area is 64.2 Å². The quantitative estimate of drug-likeness (QED) is 0.584. The molecule has 0 aromatic carbocycles. The fourth-order valence-corrected chi connectivity index (χ4v) is 0.928. The lowest BCUT2D eigenvalue weighted by atomic mass is 10.0. The minimum atomic E-state index is 0.269. The Balaban J connectivity index is 3.52. The van der Waals surface area contributed by atoms with Crippen molar-refractivity contribution in [2.45, 2.75) is 33.2 Å². The zero-order chi connectivity index (χ0) is 7.98. The van der Waals surface area contributed by atoms with Crippen LogP contribution in [0.4, 0.5) is 0 Å². The zero-order valence-electron chi connectivity index (χ0n) is 7.15. The van der Waals surface area contributed by atoms with Gasteiger partial charge in [-0.05, 0) is 18.9 Å². The van der Waals surface area contributed by atoms with Gasteiger partial charge in [-0.3, -0.25) is 0 Å². The van der Waals surface area contributed by atoms with E-state index in [1.807, 2.05) is 0 Å². The van der Waals surface area contributed by atoms with E-state index >= 15 is 0 Å². The van der Waals surface area contributed by atoms with Crippen LogP contribution in [0.3, 0.4) is 0 Å². The SMILES string of the molecule is C#CC(CC(C)C)NCC. The van der Waals surface area contributed by atoms with Crippen molar-refractivity contribution < 1.29 is 0 Å². The molecule has 0 saturated carbocycles. The van der Waals surface area contributed by atoms with Gasteiger partial charge in [-0.25, -0.2) is 0 Å². The lowest BCUT2D eigenvalue weighted by Crippen LogP contribution is -2.28. The third-order valence-corrected chi connectivity index (χ3v) is 1.36. The fraction of sp³-hybridized carbons (Fsp3) is 0.778. The Hall–Kier alpha value is -0.480. The molecular weight excluding hydrogens is 122 g/mol. The summed E-state index contributed by atoms with van der Waals surface area (Å²) >= 11 is 0. The van der Waals surface area contributed by atoms with Gasteiger partial charge >= 0.3 is 0 Å². The summed E-state index contributed by atoms with van der Waals surface area (Å²) in [4.78, 5) is 0. The molecule has 0 amide bonds. The van der Waals surface area contributed by atoms with Crippen LogP contribution in [0.25, 0.3) is 0 Å². The lowest BCUT2D eigenvalue weighted by Gasteiger charge is -2.12. The molecule has 0 spiro atoms. The molecule has 0 aromatic rings. The van der Waals surface area contributed by atoms with Crippen molar-refractivity contribution >= 4 is 0 Å². The maximum atomic E-state index is 5.29. The Morgan fingerprint density at radius 2 is 2.10 bits per heavy atom. The first-order valence-corrected chi connectivity index (χ1v) is 3.90. The van der Waals surface area contributed by atoms with Gasteiger partial charge in [-0.1, -0.05) is 26.7 Å². The van der Waals surface area contributed by atoms with E-state index in [-0.39, 0.29) is 6.04 Å². The Morgan fingerprint density at radius 3 is 2.40 bits per heavy atom. The number of nitrogens with one attached hydrogen (secondary N) is 1. The van der Waals surface area contributed by atoms with Gasteiger partial charge in [0.15, 0.2) is 0 Å². The Bertz CT molecular complexity index is 110. The maximum absolute atomic E-state index is 5.29. The molecule has 0 radical (unpaired) electrons. The van der Waals surface area contributed by atoms with E-state index in [0.717, 1.165) is 13.0 Å². The number of rotatable bonds is 4. The average Bonchev–Trinajstić information content (AvgIpc) is 1.86. The Kier molecular flexibility index (Phi) is 5.06. The van der Waals surface area contributed by atoms with Gasteiger partial charge in [0.05, 0.1) is 6.04 Å². The highest BCUT2D eigenvalue weighted by molar-refractivity contribution is 4.98. The van der Waals surface area contributed by atoms with Crippen LogP contribution in [0.1, 0.15) is 27.2 Å². The molecule has 1 heteroatoms. The molecule has 0 fully saturated rings. The van der Waals surface area contributed by atoms with E-state index in [1.165, 1.54) is 0 Å². The molecule has 0 saturated heterocycles. The highest BCUT2D eigenvalue weighted by atomic mass is 14.9. The molecule has 0 aliphatic rings. The van der Waals surface area contributed by atoms with Gasteiger partial charge in [-0.2, -0.15) is 0 Å². The van der Waals surface area contributed by atoms with E-state index in [4.69, 9.17) is 6.42 Å². The van der Waals surface area contributed by atoms with Crippen LogP contribution < -0.4 is 5.32 Å². The summed E-state index contributed by atoms with van der Waals surface area (Å²) < 4.78 is 0. The van der Waals surface area contributed by atoms with Crippen molar-refractivity contribution in [1.82, 2.24) is 5.32 Å². The number of hydrogen-bond acceptors (Lipinski definition) is 1. The molecule has 58 valence electrons. The second-order valence-corrected chi connectivity index (χ2v) is 2.91. The van der Waals surface area contributed by atoms with Gasteiger partial charge in [0.25, 0.3) is 0 Å². The molecule has 0 aliphatic carbocycles. The summed E-state index contributed by atoms with van der Waals surface area (Å²) in [6, 6.07) is 0.269. The van der Waals surface area contributed by atoms with E-state index in [9.17, 15) is 0 Å². The van der Waals surface area contributed by atoms with Gasteiger partial charge in [-0.15, -0.1) is 6.42 Å². The molecule has 1 nitrogen and oxygen atoms in total. The molecule has 1 unspecified atom stereocenters. The topological polar surface area (TPSA) is 12.0 Å². The van der Waals surface area contributed by atoms with E-state index < -0.39 is 0 Å². The standard InChI is InChI=1S/C9H17N/c1-5-9(10-6-2)7-8(3)4/h1,8-10H,6-7H2,2-4H3. The normalized spacial score (nSPS) is 13.1. The molecule has 0 aliphatic heterocycles. The number of terminal acetylenes is 1. The minimum absolute atomic E-state index is 0.269. The molecule has 1 atom stereocenters. The van der Waals surface area contributed by atoms with E-state index in [2.05, 4.69) is 32.0 Å². The van der Waals surface area contributed by atoms with Gasteiger partial charge in [0.1, 0.15) is 0 Å². The van der Waals surface area contributed by atoms with Crippen molar-refractivity contribution in [1.29, 1.82) is 0 Å². The van der Waals surface area contributed by atoms with Gasteiger partial charge < -0.3 is 5.32 Å². The summed E-state index contributed by atoms with van der Waals surface area (Å²) in [7, 11) is 0. The second-order valence-electron chi connectivity index (χ2n) is 2.91. The van der Waals surface area contributed by atoms with Crippen LogP contribution in [0.2, 0.25) is 0 Å². The molecule has 0 rings (SSSR count). The first kappa shape index (κ1) is 9.52. The van der Waals surface area contributed by atoms with Crippen molar-refractivity contribution in [2.24, 2.45) is 5.92 Å². The minimum Gasteiger partial charge on any atom is -0.304 e. The lowest BCUT2D eigenvalue weighted by molar-refractivity contribution is 0.491. The van der Waals surface area contributed by atoms with Crippen molar-refractivity contribution in [2.75, 3.05) is 6.54 Å². The Morgan fingerprint density at radius 1 is 1.50 bits per heavy atom. The third-order valence-electron chi connectivity index (χ3n) is 1.36. The average molecular weight is 139 g/mol. The van der Waals surface area contributed by atoms with Gasteiger partial charge in [0.2, 0.25) is 0 Å². The van der Waals surface area contributed by atoms with Crippen LogP contribution in [-0.2, 0) is 0 Å². The summed E-state index contributed by atoms with van der Waals surface area (Å²) in [5, 5.41) is 3.23. The van der Waals surface area contributed by atoms with Crippen LogP contribution >= 0.6 is 0 Å².